The predicted octanol–water partition coefficient (Wildman–Crippen LogP) is 7.31. The van der Waals surface area contributed by atoms with Crippen molar-refractivity contribution in [1.29, 1.82) is 0 Å². The summed E-state index contributed by atoms with van der Waals surface area (Å²) in [6, 6.07) is 30.8. The van der Waals surface area contributed by atoms with Gasteiger partial charge in [-0.25, -0.2) is 0 Å². The summed E-state index contributed by atoms with van der Waals surface area (Å²) in [5.74, 6) is -0.371. The van der Waals surface area contributed by atoms with Crippen molar-refractivity contribution in [3.8, 4) is 5.75 Å². The highest BCUT2D eigenvalue weighted by atomic mass is 32.2. The second kappa shape index (κ2) is 10.3. The Bertz CT molecular complexity index is 1950. The van der Waals surface area contributed by atoms with E-state index in [1.165, 1.54) is 17.0 Å². The zero-order chi connectivity index (χ0) is 27.9. The Kier molecular flexibility index (Phi) is 6.65. The molecule has 6 nitrogen and oxygen atoms in total. The molecule has 198 valence electrons. The van der Waals surface area contributed by atoms with Crippen molar-refractivity contribution in [2.45, 2.75) is 18.4 Å². The molecule has 5 aromatic rings. The molecule has 40 heavy (non-hydrogen) atoms. The molecule has 0 atom stereocenters. The molecule has 0 radical (unpaired) electrons. The van der Waals surface area contributed by atoms with Gasteiger partial charge in [0.1, 0.15) is 4.90 Å². The van der Waals surface area contributed by atoms with Gasteiger partial charge in [-0.05, 0) is 76.1 Å². The number of hydrogen-bond acceptors (Lipinski definition) is 6. The maximum absolute atomic E-state index is 13.4. The third kappa shape index (κ3) is 4.99. The number of carbonyl (C=O) groups excluding carboxylic acids is 2. The smallest absolute Gasteiger partial charge is 0.339 e. The lowest BCUT2D eigenvalue weighted by molar-refractivity contribution is -0.123. The summed E-state index contributed by atoms with van der Waals surface area (Å²) in [6.45, 7) is 2.00. The summed E-state index contributed by atoms with van der Waals surface area (Å²) in [7, 11) is -4.15. The summed E-state index contributed by atoms with van der Waals surface area (Å²) in [5.41, 5.74) is 2.16. The van der Waals surface area contributed by atoms with Crippen LogP contribution in [0.15, 0.2) is 113 Å². The molecule has 0 aromatic heterocycles. The minimum atomic E-state index is -4.15. The molecule has 0 aliphatic carbocycles. The summed E-state index contributed by atoms with van der Waals surface area (Å²) >= 11 is 0.826. The van der Waals surface area contributed by atoms with Crippen molar-refractivity contribution in [1.82, 2.24) is 4.90 Å². The van der Waals surface area contributed by atoms with Crippen LogP contribution in [0.2, 0.25) is 0 Å². The van der Waals surface area contributed by atoms with E-state index in [4.69, 9.17) is 4.18 Å². The van der Waals surface area contributed by atoms with E-state index in [2.05, 4.69) is 0 Å². The van der Waals surface area contributed by atoms with Gasteiger partial charge in [0.2, 0.25) is 0 Å². The standard InChI is InChI=1S/C32H23NO5S2/c1-21-10-15-26(16-11-21)40(36,37)38-29-17-14-24-7-4-5-9-27(24)28(29)19-30-31(34)33(32(35)39-30)20-22-12-13-23-6-2-3-8-25(23)18-22/h2-19H,20H2,1H3/b30-19-. The van der Waals surface area contributed by atoms with E-state index in [1.54, 1.807) is 30.3 Å². The molecule has 2 amide bonds. The summed E-state index contributed by atoms with van der Waals surface area (Å²) in [6.07, 6.45) is 1.55. The van der Waals surface area contributed by atoms with Crippen LogP contribution in [0, 0.1) is 6.92 Å². The van der Waals surface area contributed by atoms with Crippen molar-refractivity contribution in [2.75, 3.05) is 0 Å². The Morgan fingerprint density at radius 2 is 1.48 bits per heavy atom. The summed E-state index contributed by atoms with van der Waals surface area (Å²) in [5, 5.41) is 3.24. The number of aryl methyl sites for hydroxylation is 1. The largest absolute Gasteiger partial charge is 0.378 e. The first-order chi connectivity index (χ1) is 19.3. The van der Waals surface area contributed by atoms with E-state index < -0.39 is 16.0 Å². The number of amides is 2. The van der Waals surface area contributed by atoms with E-state index >= 15 is 0 Å². The second-order valence-electron chi connectivity index (χ2n) is 9.50. The molecular weight excluding hydrogens is 542 g/mol. The molecule has 8 heteroatoms. The zero-order valence-electron chi connectivity index (χ0n) is 21.4. The van der Waals surface area contributed by atoms with E-state index in [9.17, 15) is 18.0 Å². The molecule has 0 unspecified atom stereocenters. The van der Waals surface area contributed by atoms with Gasteiger partial charge in [0.25, 0.3) is 11.1 Å². The van der Waals surface area contributed by atoms with Gasteiger partial charge in [-0.15, -0.1) is 0 Å². The highest BCUT2D eigenvalue weighted by Crippen LogP contribution is 2.38. The van der Waals surface area contributed by atoms with Crippen LogP contribution < -0.4 is 4.18 Å². The lowest BCUT2D eigenvalue weighted by Gasteiger charge is -2.14. The molecular formula is C32H23NO5S2. The van der Waals surface area contributed by atoms with Gasteiger partial charge in [-0.1, -0.05) is 84.4 Å². The first-order valence-corrected chi connectivity index (χ1v) is 14.8. The topological polar surface area (TPSA) is 80.8 Å². The number of thioether (sulfide) groups is 1. The fraction of sp³-hybridized carbons (Fsp3) is 0.0625. The number of rotatable bonds is 6. The van der Waals surface area contributed by atoms with E-state index in [0.717, 1.165) is 39.0 Å². The number of imide groups is 1. The van der Waals surface area contributed by atoms with Crippen LogP contribution in [-0.2, 0) is 21.5 Å². The molecule has 1 aliphatic rings. The predicted molar refractivity (Wildman–Crippen MR) is 158 cm³/mol. The molecule has 1 heterocycles. The lowest BCUT2D eigenvalue weighted by Crippen LogP contribution is -2.27. The van der Waals surface area contributed by atoms with Crippen molar-refractivity contribution >= 4 is 60.6 Å². The molecule has 6 rings (SSSR count). The lowest BCUT2D eigenvalue weighted by atomic mass is 10.0. The van der Waals surface area contributed by atoms with Gasteiger partial charge in [0, 0.05) is 5.56 Å². The van der Waals surface area contributed by atoms with E-state index in [0.29, 0.717) is 10.9 Å². The first-order valence-electron chi connectivity index (χ1n) is 12.5. The zero-order valence-corrected chi connectivity index (χ0v) is 23.0. The van der Waals surface area contributed by atoms with Gasteiger partial charge in [0.15, 0.2) is 5.75 Å². The fourth-order valence-corrected chi connectivity index (χ4v) is 6.42. The average molecular weight is 566 g/mol. The van der Waals surface area contributed by atoms with Gasteiger partial charge >= 0.3 is 10.1 Å². The van der Waals surface area contributed by atoms with E-state index in [-0.39, 0.29) is 27.3 Å². The quantitative estimate of drug-likeness (QED) is 0.159. The van der Waals surface area contributed by atoms with Crippen LogP contribution >= 0.6 is 11.8 Å². The summed E-state index contributed by atoms with van der Waals surface area (Å²) < 4.78 is 31.9. The van der Waals surface area contributed by atoms with Crippen LogP contribution in [0.5, 0.6) is 5.75 Å². The van der Waals surface area contributed by atoms with Crippen molar-refractivity contribution in [3.63, 3.8) is 0 Å². The highest BCUT2D eigenvalue weighted by Gasteiger charge is 2.35. The normalized spacial score (nSPS) is 14.9. The third-order valence-corrected chi connectivity index (χ3v) is 8.90. The molecule has 0 saturated carbocycles. The Hall–Kier alpha value is -4.40. The van der Waals surface area contributed by atoms with Crippen molar-refractivity contribution < 1.29 is 22.2 Å². The van der Waals surface area contributed by atoms with Gasteiger partial charge in [-0.3, -0.25) is 14.5 Å². The SMILES string of the molecule is Cc1ccc(S(=O)(=O)Oc2ccc3ccccc3c2/C=C2\SC(=O)N(Cc3ccc4ccccc4c3)C2=O)cc1. The number of carbonyl (C=O) groups is 2. The fourth-order valence-electron chi connectivity index (χ4n) is 4.66. The maximum atomic E-state index is 13.4. The van der Waals surface area contributed by atoms with Crippen molar-refractivity contribution in [2.24, 2.45) is 0 Å². The van der Waals surface area contributed by atoms with Gasteiger partial charge < -0.3 is 4.18 Å². The first kappa shape index (κ1) is 25.9. The van der Waals surface area contributed by atoms with Crippen LogP contribution in [0.4, 0.5) is 4.79 Å². The van der Waals surface area contributed by atoms with Crippen LogP contribution in [0.25, 0.3) is 27.6 Å². The average Bonchev–Trinajstić information content (AvgIpc) is 3.21. The third-order valence-electron chi connectivity index (χ3n) is 6.74. The van der Waals surface area contributed by atoms with E-state index in [1.807, 2.05) is 73.7 Å². The minimum Gasteiger partial charge on any atom is -0.378 e. The molecule has 0 N–H and O–H groups in total. The number of hydrogen-bond donors (Lipinski definition) is 0. The molecule has 0 spiro atoms. The second-order valence-corrected chi connectivity index (χ2v) is 12.0. The number of benzene rings is 5. The Balaban J connectivity index is 1.36. The van der Waals surface area contributed by atoms with Crippen molar-refractivity contribution in [3.05, 3.63) is 125 Å². The molecule has 0 bridgehead atoms. The molecule has 1 saturated heterocycles. The minimum absolute atomic E-state index is 0.0212. The summed E-state index contributed by atoms with van der Waals surface area (Å²) in [4.78, 5) is 27.8. The number of nitrogens with zero attached hydrogens (tertiary/aromatic N) is 1. The molecule has 5 aromatic carbocycles. The maximum Gasteiger partial charge on any atom is 0.339 e. The Labute approximate surface area is 236 Å². The highest BCUT2D eigenvalue weighted by molar-refractivity contribution is 8.18. The molecule has 1 aliphatic heterocycles. The van der Waals surface area contributed by atoms with Crippen LogP contribution in [-0.4, -0.2) is 24.5 Å². The Morgan fingerprint density at radius 3 is 2.25 bits per heavy atom. The monoisotopic (exact) mass is 565 g/mol. The van der Waals surface area contributed by atoms with Gasteiger partial charge in [-0.2, -0.15) is 8.42 Å². The number of fused-ring (bicyclic) bond motifs is 2. The van der Waals surface area contributed by atoms with Crippen LogP contribution in [0.3, 0.4) is 0 Å². The molecule has 1 fully saturated rings. The van der Waals surface area contributed by atoms with Crippen LogP contribution in [0.1, 0.15) is 16.7 Å². The Morgan fingerprint density at radius 1 is 0.800 bits per heavy atom. The van der Waals surface area contributed by atoms with Gasteiger partial charge in [0.05, 0.1) is 11.4 Å².